The Morgan fingerprint density at radius 1 is 1.22 bits per heavy atom. The molecule has 0 bridgehead atoms. The molecule has 7 nitrogen and oxygen atoms in total. The van der Waals surface area contributed by atoms with Gasteiger partial charge in [0.05, 0.1) is 0 Å². The third-order valence-corrected chi connectivity index (χ3v) is 4.40. The van der Waals surface area contributed by atoms with Crippen molar-refractivity contribution in [1.82, 2.24) is 9.47 Å². The van der Waals surface area contributed by atoms with Gasteiger partial charge in [0.2, 0.25) is 5.43 Å². The molecule has 140 valence electrons. The van der Waals surface area contributed by atoms with Crippen LogP contribution in [-0.2, 0) is 13.2 Å². The molecule has 2 heterocycles. The van der Waals surface area contributed by atoms with E-state index in [4.69, 9.17) is 4.74 Å². The molecule has 2 aromatic rings. The van der Waals surface area contributed by atoms with Gasteiger partial charge in [-0.2, -0.15) is 0 Å². The molecule has 1 aromatic carbocycles. The van der Waals surface area contributed by atoms with Crippen LogP contribution in [0.15, 0.2) is 54.0 Å². The Bertz CT molecular complexity index is 933. The lowest BCUT2D eigenvalue weighted by Gasteiger charge is -2.31. The number of aromatic nitrogens is 1. The number of fused-ring (bicyclic) bond motifs is 1. The summed E-state index contributed by atoms with van der Waals surface area (Å²) in [6.45, 7) is 5.02. The number of carboxylic acids is 1. The van der Waals surface area contributed by atoms with E-state index in [0.29, 0.717) is 26.1 Å². The van der Waals surface area contributed by atoms with Crippen molar-refractivity contribution in [2.24, 2.45) is 0 Å². The van der Waals surface area contributed by atoms with Crippen molar-refractivity contribution in [3.8, 4) is 5.75 Å². The van der Waals surface area contributed by atoms with Crippen molar-refractivity contribution in [1.29, 1.82) is 0 Å². The molecule has 7 heteroatoms. The monoisotopic (exact) mass is 368 g/mol. The highest BCUT2D eigenvalue weighted by atomic mass is 16.5. The van der Waals surface area contributed by atoms with Gasteiger partial charge in [-0.25, -0.2) is 4.79 Å². The van der Waals surface area contributed by atoms with Gasteiger partial charge in [0.25, 0.3) is 5.91 Å². The molecule has 1 N–H and O–H groups in total. The highest BCUT2D eigenvalue weighted by molar-refractivity contribution is 5.97. The summed E-state index contributed by atoms with van der Waals surface area (Å²) in [6, 6.07) is 9.16. The van der Waals surface area contributed by atoms with Crippen molar-refractivity contribution >= 4 is 11.9 Å². The number of rotatable bonds is 7. The van der Waals surface area contributed by atoms with Crippen LogP contribution in [0.2, 0.25) is 0 Å². The molecule has 0 unspecified atom stereocenters. The van der Waals surface area contributed by atoms with E-state index < -0.39 is 17.0 Å². The first-order valence-corrected chi connectivity index (χ1v) is 8.60. The Morgan fingerprint density at radius 3 is 2.63 bits per heavy atom. The van der Waals surface area contributed by atoms with Gasteiger partial charge in [-0.05, 0) is 12.0 Å². The Labute approximate surface area is 156 Å². The largest absolute Gasteiger partial charge is 0.483 e. The van der Waals surface area contributed by atoms with Gasteiger partial charge < -0.3 is 19.3 Å². The van der Waals surface area contributed by atoms with E-state index in [-0.39, 0.29) is 24.0 Å². The number of ether oxygens (including phenoxy) is 1. The number of benzene rings is 1. The maximum atomic E-state index is 12.9. The molecule has 1 aliphatic rings. The van der Waals surface area contributed by atoms with Crippen LogP contribution in [0.25, 0.3) is 0 Å². The molecule has 0 spiro atoms. The Kier molecular flexibility index (Phi) is 5.40. The van der Waals surface area contributed by atoms with Gasteiger partial charge in [0, 0.05) is 25.8 Å². The first-order valence-electron chi connectivity index (χ1n) is 8.60. The molecule has 0 aliphatic carbocycles. The molecular weight excluding hydrogens is 348 g/mol. The third kappa shape index (κ3) is 3.76. The highest BCUT2D eigenvalue weighted by Gasteiger charge is 2.31. The summed E-state index contributed by atoms with van der Waals surface area (Å²) < 4.78 is 7.17. The predicted octanol–water partition coefficient (Wildman–Crippen LogP) is 2.16. The van der Waals surface area contributed by atoms with E-state index in [1.54, 1.807) is 11.0 Å². The number of carboxylic acid groups (broad SMARTS) is 1. The quantitative estimate of drug-likeness (QED) is 0.757. The summed E-state index contributed by atoms with van der Waals surface area (Å²) in [6.07, 6.45) is 3.57. The fourth-order valence-electron chi connectivity index (χ4n) is 2.99. The van der Waals surface area contributed by atoms with Gasteiger partial charge >= 0.3 is 5.97 Å². The lowest BCUT2D eigenvalue weighted by Crippen LogP contribution is -2.43. The van der Waals surface area contributed by atoms with Gasteiger partial charge in [0.15, 0.2) is 11.4 Å². The molecule has 1 aromatic heterocycles. The number of amides is 1. The van der Waals surface area contributed by atoms with Crippen LogP contribution in [0.5, 0.6) is 5.75 Å². The Balaban J connectivity index is 2.02. The van der Waals surface area contributed by atoms with E-state index in [1.807, 2.05) is 30.3 Å². The SMILES string of the molecule is C=CCCN1CCn2cc(C(=O)O)c(=O)c(OCc3ccccc3)c2C1=O. The zero-order valence-electron chi connectivity index (χ0n) is 14.8. The van der Waals surface area contributed by atoms with Crippen LogP contribution >= 0.6 is 0 Å². The van der Waals surface area contributed by atoms with Crippen LogP contribution in [0.4, 0.5) is 0 Å². The van der Waals surface area contributed by atoms with Crippen LogP contribution in [-0.4, -0.2) is 39.5 Å². The molecular formula is C20H20N2O5. The van der Waals surface area contributed by atoms with Gasteiger partial charge in [0.1, 0.15) is 12.2 Å². The number of nitrogens with zero attached hydrogens (tertiary/aromatic N) is 2. The summed E-state index contributed by atoms with van der Waals surface area (Å²) in [7, 11) is 0. The summed E-state index contributed by atoms with van der Waals surface area (Å²) in [5.41, 5.74) is -0.294. The minimum Gasteiger partial charge on any atom is -0.483 e. The van der Waals surface area contributed by atoms with Crippen LogP contribution < -0.4 is 10.2 Å². The lowest BCUT2D eigenvalue weighted by atomic mass is 10.1. The van der Waals surface area contributed by atoms with Crippen LogP contribution in [0.1, 0.15) is 32.8 Å². The van der Waals surface area contributed by atoms with E-state index in [1.165, 1.54) is 10.8 Å². The van der Waals surface area contributed by atoms with E-state index >= 15 is 0 Å². The topological polar surface area (TPSA) is 88.8 Å². The Morgan fingerprint density at radius 2 is 1.96 bits per heavy atom. The van der Waals surface area contributed by atoms with Crippen molar-refractivity contribution in [3.63, 3.8) is 0 Å². The first-order chi connectivity index (χ1) is 13.0. The van der Waals surface area contributed by atoms with Crippen molar-refractivity contribution < 1.29 is 19.4 Å². The number of pyridine rings is 1. The van der Waals surface area contributed by atoms with Gasteiger partial charge in [-0.3, -0.25) is 9.59 Å². The summed E-state index contributed by atoms with van der Waals surface area (Å²) in [4.78, 5) is 38.6. The minimum atomic E-state index is -1.35. The van der Waals surface area contributed by atoms with E-state index in [0.717, 1.165) is 5.56 Å². The fraction of sp³-hybridized carbons (Fsp3) is 0.250. The maximum absolute atomic E-state index is 12.9. The number of carbonyl (C=O) groups excluding carboxylic acids is 1. The zero-order chi connectivity index (χ0) is 19.4. The van der Waals surface area contributed by atoms with E-state index in [2.05, 4.69) is 6.58 Å². The molecule has 0 saturated heterocycles. The van der Waals surface area contributed by atoms with Crippen molar-refractivity contribution in [2.45, 2.75) is 19.6 Å². The number of aromatic carboxylic acids is 1. The summed E-state index contributed by atoms with van der Waals surface area (Å²) in [5, 5.41) is 9.34. The predicted molar refractivity (Wildman–Crippen MR) is 99.2 cm³/mol. The molecule has 27 heavy (non-hydrogen) atoms. The first kappa shape index (κ1) is 18.4. The molecule has 0 atom stereocenters. The number of hydrogen-bond acceptors (Lipinski definition) is 4. The third-order valence-electron chi connectivity index (χ3n) is 4.40. The molecule has 0 saturated carbocycles. The average Bonchev–Trinajstić information content (AvgIpc) is 2.67. The number of hydrogen-bond donors (Lipinski definition) is 1. The smallest absolute Gasteiger partial charge is 0.341 e. The van der Waals surface area contributed by atoms with Crippen LogP contribution in [0, 0.1) is 0 Å². The lowest BCUT2D eigenvalue weighted by molar-refractivity contribution is 0.0670. The molecule has 1 amide bonds. The average molecular weight is 368 g/mol. The molecule has 3 rings (SSSR count). The zero-order valence-corrected chi connectivity index (χ0v) is 14.8. The minimum absolute atomic E-state index is 0.0616. The fourth-order valence-corrected chi connectivity index (χ4v) is 2.99. The highest BCUT2D eigenvalue weighted by Crippen LogP contribution is 2.23. The molecule has 0 radical (unpaired) electrons. The standard InChI is InChI=1S/C20H20N2O5/c1-2-3-9-21-10-11-22-12-15(20(25)26)17(23)18(16(22)19(21)24)27-13-14-7-5-4-6-8-14/h2,4-8,12H,1,3,9-11,13H2,(H,25,26). The summed E-state index contributed by atoms with van der Waals surface area (Å²) in [5.74, 6) is -1.91. The second kappa shape index (κ2) is 7.90. The second-order valence-electron chi connectivity index (χ2n) is 6.19. The van der Waals surface area contributed by atoms with Gasteiger partial charge in [-0.1, -0.05) is 36.4 Å². The van der Waals surface area contributed by atoms with Crippen molar-refractivity contribution in [2.75, 3.05) is 13.1 Å². The summed E-state index contributed by atoms with van der Waals surface area (Å²) >= 11 is 0. The van der Waals surface area contributed by atoms with Gasteiger partial charge in [-0.15, -0.1) is 6.58 Å². The normalized spacial score (nSPS) is 13.2. The van der Waals surface area contributed by atoms with E-state index in [9.17, 15) is 19.5 Å². The number of carbonyl (C=O) groups is 2. The van der Waals surface area contributed by atoms with Crippen LogP contribution in [0.3, 0.4) is 0 Å². The maximum Gasteiger partial charge on any atom is 0.341 e. The second-order valence-corrected chi connectivity index (χ2v) is 6.19. The van der Waals surface area contributed by atoms with Crippen molar-refractivity contribution in [3.05, 3.63) is 76.2 Å². The molecule has 0 fully saturated rings. The molecule has 1 aliphatic heterocycles. The Hall–Kier alpha value is -3.35.